The van der Waals surface area contributed by atoms with Crippen molar-refractivity contribution in [2.45, 2.75) is 32.7 Å². The molecule has 1 aromatic carbocycles. The number of nitrogens with zero attached hydrogens (tertiary/aromatic N) is 2. The molecule has 1 rings (SSSR count). The molecule has 0 N–H and O–H groups in total. The molecular formula is C13H17BrN2. The zero-order chi connectivity index (χ0) is 12.1. The van der Waals surface area contributed by atoms with Crippen molar-refractivity contribution in [1.29, 1.82) is 5.26 Å². The van der Waals surface area contributed by atoms with Gasteiger partial charge < -0.3 is 4.90 Å². The lowest BCUT2D eigenvalue weighted by Gasteiger charge is -2.29. The van der Waals surface area contributed by atoms with Crippen molar-refractivity contribution in [2.75, 3.05) is 11.9 Å². The maximum absolute atomic E-state index is 9.17. The maximum atomic E-state index is 9.17. The van der Waals surface area contributed by atoms with Gasteiger partial charge in [0.1, 0.15) is 6.07 Å². The summed E-state index contributed by atoms with van der Waals surface area (Å²) in [5, 5.41) is 9.17. The average molecular weight is 281 g/mol. The van der Waals surface area contributed by atoms with Crippen LogP contribution in [0.15, 0.2) is 22.7 Å². The van der Waals surface area contributed by atoms with Crippen molar-refractivity contribution in [3.8, 4) is 6.07 Å². The predicted molar refractivity (Wildman–Crippen MR) is 71.6 cm³/mol. The summed E-state index contributed by atoms with van der Waals surface area (Å²) in [4.78, 5) is 2.20. The van der Waals surface area contributed by atoms with Crippen molar-refractivity contribution in [1.82, 2.24) is 0 Å². The van der Waals surface area contributed by atoms with E-state index in [1.165, 1.54) is 0 Å². The normalized spacial score (nSPS) is 10.2. The Morgan fingerprint density at radius 2 is 2.00 bits per heavy atom. The summed E-state index contributed by atoms with van der Waals surface area (Å²) in [5.74, 6) is 0. The molecule has 0 amide bonds. The van der Waals surface area contributed by atoms with Crippen LogP contribution in [-0.2, 0) is 0 Å². The van der Waals surface area contributed by atoms with E-state index in [-0.39, 0.29) is 0 Å². The van der Waals surface area contributed by atoms with Gasteiger partial charge in [0.2, 0.25) is 0 Å². The number of nitriles is 1. The number of anilines is 1. The molecule has 0 atom stereocenters. The summed E-state index contributed by atoms with van der Waals surface area (Å²) < 4.78 is 0.866. The van der Waals surface area contributed by atoms with E-state index in [0.717, 1.165) is 28.6 Å². The molecule has 0 fully saturated rings. The monoisotopic (exact) mass is 280 g/mol. The molecule has 0 heterocycles. The smallest absolute Gasteiger partial charge is 0.103 e. The van der Waals surface area contributed by atoms with E-state index in [4.69, 9.17) is 5.26 Å². The van der Waals surface area contributed by atoms with Crippen LogP contribution < -0.4 is 4.90 Å². The van der Waals surface area contributed by atoms with Crippen LogP contribution in [0.2, 0.25) is 0 Å². The minimum atomic E-state index is 0.487. The SMILES string of the molecule is CCC(CC)N(C)c1cccc(Br)c1C#N. The van der Waals surface area contributed by atoms with E-state index in [0.29, 0.717) is 6.04 Å². The Bertz CT molecular complexity index is 391. The molecule has 3 heteroatoms. The van der Waals surface area contributed by atoms with Gasteiger partial charge in [0, 0.05) is 17.6 Å². The quantitative estimate of drug-likeness (QED) is 0.835. The number of rotatable bonds is 4. The van der Waals surface area contributed by atoms with Gasteiger partial charge in [-0.3, -0.25) is 0 Å². The molecule has 0 aromatic heterocycles. The third-order valence-electron chi connectivity index (χ3n) is 2.97. The standard InChI is InChI=1S/C13H17BrN2/c1-4-10(5-2)16(3)13-8-6-7-12(14)11(13)9-15/h6-8,10H,4-5H2,1-3H3. The third kappa shape index (κ3) is 2.56. The van der Waals surface area contributed by atoms with Crippen LogP contribution in [0, 0.1) is 11.3 Å². The van der Waals surface area contributed by atoms with Crippen molar-refractivity contribution in [3.05, 3.63) is 28.2 Å². The van der Waals surface area contributed by atoms with Gasteiger partial charge in [-0.1, -0.05) is 19.9 Å². The summed E-state index contributed by atoms with van der Waals surface area (Å²) in [5.41, 5.74) is 1.72. The molecule has 86 valence electrons. The van der Waals surface area contributed by atoms with Crippen LogP contribution in [0.3, 0.4) is 0 Å². The van der Waals surface area contributed by atoms with E-state index >= 15 is 0 Å². The second kappa shape index (κ2) is 5.91. The van der Waals surface area contributed by atoms with Crippen molar-refractivity contribution in [2.24, 2.45) is 0 Å². The second-order valence-electron chi connectivity index (χ2n) is 3.83. The first-order chi connectivity index (χ1) is 7.65. The van der Waals surface area contributed by atoms with E-state index in [1.807, 2.05) is 18.2 Å². The van der Waals surface area contributed by atoms with Gasteiger partial charge in [-0.15, -0.1) is 0 Å². The summed E-state index contributed by atoms with van der Waals surface area (Å²) >= 11 is 3.42. The fourth-order valence-corrected chi connectivity index (χ4v) is 2.39. The molecule has 0 aliphatic carbocycles. The Labute approximate surface area is 106 Å². The van der Waals surface area contributed by atoms with Crippen molar-refractivity contribution >= 4 is 21.6 Å². The second-order valence-corrected chi connectivity index (χ2v) is 4.68. The first-order valence-corrected chi connectivity index (χ1v) is 6.36. The van der Waals surface area contributed by atoms with Crippen LogP contribution in [0.5, 0.6) is 0 Å². The summed E-state index contributed by atoms with van der Waals surface area (Å²) in [6, 6.07) is 8.63. The highest BCUT2D eigenvalue weighted by atomic mass is 79.9. The molecule has 1 aromatic rings. The lowest BCUT2D eigenvalue weighted by atomic mass is 10.1. The molecule has 0 unspecified atom stereocenters. The summed E-state index contributed by atoms with van der Waals surface area (Å²) in [7, 11) is 2.06. The van der Waals surface area contributed by atoms with E-state index in [2.05, 4.69) is 47.8 Å². The van der Waals surface area contributed by atoms with Crippen LogP contribution >= 0.6 is 15.9 Å². The predicted octanol–water partition coefficient (Wildman–Crippen LogP) is 3.95. The van der Waals surface area contributed by atoms with Crippen LogP contribution in [0.4, 0.5) is 5.69 Å². The molecule has 16 heavy (non-hydrogen) atoms. The van der Waals surface area contributed by atoms with Gasteiger partial charge in [-0.2, -0.15) is 5.26 Å². The highest BCUT2D eigenvalue weighted by molar-refractivity contribution is 9.10. The summed E-state index contributed by atoms with van der Waals surface area (Å²) in [6.07, 6.45) is 2.18. The lowest BCUT2D eigenvalue weighted by molar-refractivity contribution is 0.591. The zero-order valence-electron chi connectivity index (χ0n) is 10.00. The molecular weight excluding hydrogens is 264 g/mol. The Hall–Kier alpha value is -1.01. The van der Waals surface area contributed by atoms with E-state index < -0.39 is 0 Å². The van der Waals surface area contributed by atoms with Crippen LogP contribution in [0.25, 0.3) is 0 Å². The highest BCUT2D eigenvalue weighted by Gasteiger charge is 2.15. The molecule has 0 saturated carbocycles. The van der Waals surface area contributed by atoms with Gasteiger partial charge in [0.15, 0.2) is 0 Å². The number of hydrogen-bond acceptors (Lipinski definition) is 2. The third-order valence-corrected chi connectivity index (χ3v) is 3.63. The Morgan fingerprint density at radius 3 is 2.50 bits per heavy atom. The Morgan fingerprint density at radius 1 is 1.38 bits per heavy atom. The molecule has 2 nitrogen and oxygen atoms in total. The summed E-state index contributed by atoms with van der Waals surface area (Å²) in [6.45, 7) is 4.35. The average Bonchev–Trinajstić information content (AvgIpc) is 2.30. The fraction of sp³-hybridized carbons (Fsp3) is 0.462. The maximum Gasteiger partial charge on any atom is 0.103 e. The first-order valence-electron chi connectivity index (χ1n) is 5.57. The van der Waals surface area contributed by atoms with Gasteiger partial charge in [0.05, 0.1) is 11.3 Å². The van der Waals surface area contributed by atoms with E-state index in [9.17, 15) is 0 Å². The van der Waals surface area contributed by atoms with Gasteiger partial charge in [-0.25, -0.2) is 0 Å². The molecule has 0 aliphatic heterocycles. The van der Waals surface area contributed by atoms with Crippen LogP contribution in [0.1, 0.15) is 32.3 Å². The Balaban J connectivity index is 3.13. The zero-order valence-corrected chi connectivity index (χ0v) is 11.6. The molecule has 0 spiro atoms. The largest absolute Gasteiger partial charge is 0.371 e. The number of hydrogen-bond donors (Lipinski definition) is 0. The van der Waals surface area contributed by atoms with E-state index in [1.54, 1.807) is 0 Å². The molecule has 0 saturated heterocycles. The van der Waals surface area contributed by atoms with Crippen LogP contribution in [-0.4, -0.2) is 13.1 Å². The topological polar surface area (TPSA) is 27.0 Å². The minimum absolute atomic E-state index is 0.487. The van der Waals surface area contributed by atoms with Gasteiger partial charge >= 0.3 is 0 Å². The number of halogens is 1. The molecule has 0 aliphatic rings. The lowest BCUT2D eigenvalue weighted by Crippen LogP contribution is -2.30. The van der Waals surface area contributed by atoms with Gasteiger partial charge in [0.25, 0.3) is 0 Å². The molecule has 0 bridgehead atoms. The first kappa shape index (κ1) is 13.1. The number of benzene rings is 1. The highest BCUT2D eigenvalue weighted by Crippen LogP contribution is 2.28. The minimum Gasteiger partial charge on any atom is -0.371 e. The van der Waals surface area contributed by atoms with Gasteiger partial charge in [-0.05, 0) is 40.9 Å². The van der Waals surface area contributed by atoms with Crippen molar-refractivity contribution in [3.63, 3.8) is 0 Å². The van der Waals surface area contributed by atoms with Crippen molar-refractivity contribution < 1.29 is 0 Å². The molecule has 0 radical (unpaired) electrons. The Kier molecular flexibility index (Phi) is 4.82. The fourth-order valence-electron chi connectivity index (χ4n) is 1.95.